The largest absolute Gasteiger partial charge is 0.481 e. The Morgan fingerprint density at radius 1 is 1.33 bits per heavy atom. The fourth-order valence-electron chi connectivity index (χ4n) is 4.14. The molecule has 7 heteroatoms. The molecule has 3 unspecified atom stereocenters. The van der Waals surface area contributed by atoms with Gasteiger partial charge in [0.1, 0.15) is 6.04 Å². The molecule has 2 amide bonds. The average Bonchev–Trinajstić information content (AvgIpc) is 3.14. The molecule has 2 heterocycles. The fourth-order valence-corrected chi connectivity index (χ4v) is 5.03. The third-order valence-electron chi connectivity index (χ3n) is 5.71. The number of aliphatic carboxylic acids is 1. The van der Waals surface area contributed by atoms with Crippen LogP contribution in [0.15, 0.2) is 11.4 Å². The first kappa shape index (κ1) is 19.9. The Morgan fingerprint density at radius 2 is 2.11 bits per heavy atom. The predicted molar refractivity (Wildman–Crippen MR) is 103 cm³/mol. The number of carboxylic acid groups (broad SMARTS) is 1. The number of rotatable bonds is 6. The van der Waals surface area contributed by atoms with Crippen LogP contribution in [0.2, 0.25) is 0 Å². The topological polar surface area (TPSA) is 86.7 Å². The van der Waals surface area contributed by atoms with E-state index in [4.69, 9.17) is 0 Å². The quantitative estimate of drug-likeness (QED) is 0.779. The molecule has 2 N–H and O–H groups in total. The van der Waals surface area contributed by atoms with Crippen LogP contribution in [-0.4, -0.2) is 40.4 Å². The third-order valence-corrected chi connectivity index (χ3v) is 6.73. The minimum Gasteiger partial charge on any atom is -0.481 e. The maximum absolute atomic E-state index is 13.0. The Kier molecular flexibility index (Phi) is 6.52. The SMILES string of the molecule is CCCC(NC(=O)C1CCCC(C(=O)O)C1)C(=O)N1CCc2sccc2C1. The summed E-state index contributed by atoms with van der Waals surface area (Å²) in [6, 6.07) is 1.55. The molecule has 148 valence electrons. The summed E-state index contributed by atoms with van der Waals surface area (Å²) in [5, 5.41) is 14.2. The number of carbonyl (C=O) groups is 3. The second-order valence-electron chi connectivity index (χ2n) is 7.63. The van der Waals surface area contributed by atoms with Crippen LogP contribution in [0.3, 0.4) is 0 Å². The summed E-state index contributed by atoms with van der Waals surface area (Å²) in [6.45, 7) is 3.30. The molecule has 6 nitrogen and oxygen atoms in total. The van der Waals surface area contributed by atoms with Crippen molar-refractivity contribution in [3.63, 3.8) is 0 Å². The lowest BCUT2D eigenvalue weighted by molar-refractivity contribution is -0.145. The smallest absolute Gasteiger partial charge is 0.306 e. The molecule has 0 radical (unpaired) electrons. The van der Waals surface area contributed by atoms with Gasteiger partial charge in [0.05, 0.1) is 5.92 Å². The molecule has 1 saturated carbocycles. The Morgan fingerprint density at radius 3 is 2.85 bits per heavy atom. The fraction of sp³-hybridized carbons (Fsp3) is 0.650. The van der Waals surface area contributed by atoms with Crippen molar-refractivity contribution < 1.29 is 19.5 Å². The Labute approximate surface area is 163 Å². The van der Waals surface area contributed by atoms with Crippen molar-refractivity contribution in [3.05, 3.63) is 21.9 Å². The highest BCUT2D eigenvalue weighted by molar-refractivity contribution is 7.10. The lowest BCUT2D eigenvalue weighted by Gasteiger charge is -2.32. The number of amides is 2. The van der Waals surface area contributed by atoms with E-state index in [2.05, 4.69) is 16.8 Å². The summed E-state index contributed by atoms with van der Waals surface area (Å²) in [6.07, 6.45) is 4.72. The summed E-state index contributed by atoms with van der Waals surface area (Å²) in [7, 11) is 0. The summed E-state index contributed by atoms with van der Waals surface area (Å²) < 4.78 is 0. The first-order valence-electron chi connectivity index (χ1n) is 9.86. The Bertz CT molecular complexity index is 702. The standard InChI is InChI=1S/C20H28N2O4S/c1-2-4-16(19(24)22-9-7-17-15(12-22)8-10-27-17)21-18(23)13-5-3-6-14(11-13)20(25)26/h8,10,13-14,16H,2-7,9,11-12H2,1H3,(H,21,23)(H,25,26). The van der Waals surface area contributed by atoms with Gasteiger partial charge in [0.15, 0.2) is 0 Å². The molecule has 27 heavy (non-hydrogen) atoms. The molecule has 0 spiro atoms. The van der Waals surface area contributed by atoms with Gasteiger partial charge in [-0.15, -0.1) is 11.3 Å². The minimum atomic E-state index is -0.825. The zero-order valence-electron chi connectivity index (χ0n) is 15.8. The highest BCUT2D eigenvalue weighted by Crippen LogP contribution is 2.30. The molecule has 1 aromatic rings. The Balaban J connectivity index is 1.62. The van der Waals surface area contributed by atoms with Crippen molar-refractivity contribution in [1.29, 1.82) is 0 Å². The van der Waals surface area contributed by atoms with E-state index in [0.29, 0.717) is 38.8 Å². The van der Waals surface area contributed by atoms with Gasteiger partial charge < -0.3 is 15.3 Å². The van der Waals surface area contributed by atoms with E-state index in [1.54, 1.807) is 11.3 Å². The average molecular weight is 393 g/mol. The molecule has 3 rings (SSSR count). The van der Waals surface area contributed by atoms with Crippen LogP contribution in [0.4, 0.5) is 0 Å². The normalized spacial score (nSPS) is 23.4. The third kappa shape index (κ3) is 4.69. The van der Waals surface area contributed by atoms with E-state index in [0.717, 1.165) is 19.3 Å². The number of fused-ring (bicyclic) bond motifs is 1. The molecule has 1 fully saturated rings. The Hall–Kier alpha value is -1.89. The highest BCUT2D eigenvalue weighted by atomic mass is 32.1. The van der Waals surface area contributed by atoms with E-state index in [1.807, 2.05) is 11.8 Å². The summed E-state index contributed by atoms with van der Waals surface area (Å²) in [4.78, 5) is 40.2. The van der Waals surface area contributed by atoms with Crippen molar-refractivity contribution in [2.45, 2.75) is 64.5 Å². The first-order chi connectivity index (χ1) is 13.0. The number of hydrogen-bond acceptors (Lipinski definition) is 4. The lowest BCUT2D eigenvalue weighted by Crippen LogP contribution is -2.51. The molecule has 3 atom stereocenters. The van der Waals surface area contributed by atoms with Gasteiger partial charge in [0, 0.05) is 23.9 Å². The van der Waals surface area contributed by atoms with Gasteiger partial charge in [-0.25, -0.2) is 0 Å². The number of nitrogens with zero attached hydrogens (tertiary/aromatic N) is 1. The van der Waals surface area contributed by atoms with E-state index < -0.39 is 17.9 Å². The van der Waals surface area contributed by atoms with E-state index >= 15 is 0 Å². The van der Waals surface area contributed by atoms with Crippen LogP contribution < -0.4 is 5.32 Å². The molecule has 1 aromatic heterocycles. The van der Waals surface area contributed by atoms with Gasteiger partial charge in [0.25, 0.3) is 0 Å². The summed E-state index contributed by atoms with van der Waals surface area (Å²) >= 11 is 1.73. The van der Waals surface area contributed by atoms with Crippen LogP contribution in [0.5, 0.6) is 0 Å². The number of carbonyl (C=O) groups excluding carboxylic acids is 2. The number of carboxylic acids is 1. The van der Waals surface area contributed by atoms with Gasteiger partial charge in [-0.3, -0.25) is 14.4 Å². The molecule has 0 bridgehead atoms. The van der Waals surface area contributed by atoms with E-state index in [9.17, 15) is 19.5 Å². The predicted octanol–water partition coefficient (Wildman–Crippen LogP) is 2.81. The van der Waals surface area contributed by atoms with Crippen molar-refractivity contribution in [3.8, 4) is 0 Å². The van der Waals surface area contributed by atoms with Crippen LogP contribution in [0.25, 0.3) is 0 Å². The highest BCUT2D eigenvalue weighted by Gasteiger charge is 2.34. The molecule has 0 aromatic carbocycles. The monoisotopic (exact) mass is 392 g/mol. The minimum absolute atomic E-state index is 0.0207. The number of nitrogens with one attached hydrogen (secondary N) is 1. The van der Waals surface area contributed by atoms with Gasteiger partial charge in [0.2, 0.25) is 11.8 Å². The van der Waals surface area contributed by atoms with Crippen molar-refractivity contribution in [2.24, 2.45) is 11.8 Å². The van der Waals surface area contributed by atoms with Crippen LogP contribution >= 0.6 is 11.3 Å². The summed E-state index contributed by atoms with van der Waals surface area (Å²) in [5.74, 6) is -1.77. The number of thiophene rings is 1. The molecule has 1 aliphatic carbocycles. The lowest BCUT2D eigenvalue weighted by atomic mass is 9.81. The van der Waals surface area contributed by atoms with E-state index in [-0.39, 0.29) is 17.7 Å². The molecular weight excluding hydrogens is 364 g/mol. The number of hydrogen-bond donors (Lipinski definition) is 2. The van der Waals surface area contributed by atoms with Crippen molar-refractivity contribution in [2.75, 3.05) is 6.54 Å². The van der Waals surface area contributed by atoms with Gasteiger partial charge >= 0.3 is 5.97 Å². The van der Waals surface area contributed by atoms with Gasteiger partial charge in [-0.05, 0) is 49.1 Å². The molecular formula is C20H28N2O4S. The maximum atomic E-state index is 13.0. The maximum Gasteiger partial charge on any atom is 0.306 e. The van der Waals surface area contributed by atoms with Crippen molar-refractivity contribution in [1.82, 2.24) is 10.2 Å². The first-order valence-corrected chi connectivity index (χ1v) is 10.7. The summed E-state index contributed by atoms with van der Waals surface area (Å²) in [5.41, 5.74) is 1.21. The van der Waals surface area contributed by atoms with Gasteiger partial charge in [-0.1, -0.05) is 19.8 Å². The molecule has 2 aliphatic rings. The van der Waals surface area contributed by atoms with Crippen LogP contribution in [0.1, 0.15) is 55.9 Å². The molecule has 0 saturated heterocycles. The molecule has 1 aliphatic heterocycles. The van der Waals surface area contributed by atoms with Crippen molar-refractivity contribution >= 4 is 29.1 Å². The zero-order chi connectivity index (χ0) is 19.4. The van der Waals surface area contributed by atoms with Crippen LogP contribution in [0, 0.1) is 11.8 Å². The van der Waals surface area contributed by atoms with Crippen LogP contribution in [-0.2, 0) is 27.3 Å². The zero-order valence-corrected chi connectivity index (χ0v) is 16.6. The van der Waals surface area contributed by atoms with E-state index in [1.165, 1.54) is 10.4 Å². The van der Waals surface area contributed by atoms with Gasteiger partial charge in [-0.2, -0.15) is 0 Å². The second-order valence-corrected chi connectivity index (χ2v) is 8.63. The second kappa shape index (κ2) is 8.87.